The molecule has 1 heterocycles. The van der Waals surface area contributed by atoms with E-state index in [1.807, 2.05) is 42.0 Å². The lowest BCUT2D eigenvalue weighted by Crippen LogP contribution is -2.03. The average molecular weight is 243 g/mol. The molecule has 0 unspecified atom stereocenters. The molecule has 4 nitrogen and oxygen atoms in total. The molecule has 0 spiro atoms. The van der Waals surface area contributed by atoms with Gasteiger partial charge in [0.1, 0.15) is 5.75 Å². The minimum Gasteiger partial charge on any atom is -0.495 e. The third-order valence-electron chi connectivity index (χ3n) is 2.64. The third kappa shape index (κ3) is 2.53. The molecular weight excluding hydrogens is 226 g/mol. The van der Waals surface area contributed by atoms with Crippen LogP contribution >= 0.6 is 0 Å². The molecule has 0 aliphatic carbocycles. The van der Waals surface area contributed by atoms with Crippen LogP contribution in [0, 0.1) is 6.92 Å². The topological polar surface area (TPSA) is 39.1 Å². The molecule has 2 aromatic rings. The van der Waals surface area contributed by atoms with E-state index in [0.717, 1.165) is 23.9 Å². The molecule has 18 heavy (non-hydrogen) atoms. The molecule has 0 aliphatic heterocycles. The first kappa shape index (κ1) is 12.2. The number of allylic oxidation sites excluding steroid dienone is 1. The molecule has 0 aliphatic rings. The van der Waals surface area contributed by atoms with E-state index in [2.05, 4.69) is 16.9 Å². The molecular formula is C14H17N3O. The molecule has 1 aromatic carbocycles. The van der Waals surface area contributed by atoms with Crippen molar-refractivity contribution < 1.29 is 4.74 Å². The molecule has 0 fully saturated rings. The van der Waals surface area contributed by atoms with E-state index in [1.165, 1.54) is 5.56 Å². The summed E-state index contributed by atoms with van der Waals surface area (Å²) in [5.74, 6) is 1.58. The van der Waals surface area contributed by atoms with Gasteiger partial charge in [-0.25, -0.2) is 4.98 Å². The number of nitrogens with one attached hydrogen (secondary N) is 1. The van der Waals surface area contributed by atoms with Gasteiger partial charge in [-0.2, -0.15) is 0 Å². The van der Waals surface area contributed by atoms with E-state index in [-0.39, 0.29) is 0 Å². The number of ether oxygens (including phenoxy) is 1. The lowest BCUT2D eigenvalue weighted by Gasteiger charge is -2.12. The van der Waals surface area contributed by atoms with Crippen LogP contribution in [0.15, 0.2) is 43.2 Å². The van der Waals surface area contributed by atoms with Crippen LogP contribution in [0.2, 0.25) is 0 Å². The van der Waals surface area contributed by atoms with Gasteiger partial charge in [0.05, 0.1) is 12.8 Å². The first-order valence-electron chi connectivity index (χ1n) is 5.78. The van der Waals surface area contributed by atoms with Crippen LogP contribution in [-0.2, 0) is 6.54 Å². The molecule has 0 radical (unpaired) electrons. The Morgan fingerprint density at radius 2 is 2.33 bits per heavy atom. The molecule has 4 heteroatoms. The van der Waals surface area contributed by atoms with E-state index in [0.29, 0.717) is 0 Å². The highest BCUT2D eigenvalue weighted by Gasteiger charge is 2.07. The smallest absolute Gasteiger partial charge is 0.207 e. The quantitative estimate of drug-likeness (QED) is 0.820. The molecule has 0 amide bonds. The highest BCUT2D eigenvalue weighted by Crippen LogP contribution is 2.27. The van der Waals surface area contributed by atoms with Crippen LogP contribution in [0.1, 0.15) is 5.56 Å². The number of hydrogen-bond donors (Lipinski definition) is 1. The Kier molecular flexibility index (Phi) is 3.67. The zero-order valence-corrected chi connectivity index (χ0v) is 10.7. The number of anilines is 2. The first-order valence-corrected chi connectivity index (χ1v) is 5.78. The van der Waals surface area contributed by atoms with Gasteiger partial charge in [0.2, 0.25) is 5.95 Å². The molecule has 0 atom stereocenters. The second kappa shape index (κ2) is 5.40. The summed E-state index contributed by atoms with van der Waals surface area (Å²) < 4.78 is 7.31. The van der Waals surface area contributed by atoms with Crippen LogP contribution < -0.4 is 10.1 Å². The molecule has 94 valence electrons. The van der Waals surface area contributed by atoms with Gasteiger partial charge in [0.25, 0.3) is 0 Å². The van der Waals surface area contributed by atoms with Crippen LogP contribution in [0.3, 0.4) is 0 Å². The van der Waals surface area contributed by atoms with Gasteiger partial charge in [0.15, 0.2) is 0 Å². The second-order valence-corrected chi connectivity index (χ2v) is 4.02. The predicted octanol–water partition coefficient (Wildman–Crippen LogP) is 3.13. The van der Waals surface area contributed by atoms with E-state index < -0.39 is 0 Å². The van der Waals surface area contributed by atoms with Gasteiger partial charge in [0, 0.05) is 18.9 Å². The summed E-state index contributed by atoms with van der Waals surface area (Å²) >= 11 is 0. The van der Waals surface area contributed by atoms with Crippen LogP contribution in [0.5, 0.6) is 5.75 Å². The van der Waals surface area contributed by atoms with Crippen LogP contribution in [0.25, 0.3) is 0 Å². The van der Waals surface area contributed by atoms with Crippen LogP contribution in [-0.4, -0.2) is 16.7 Å². The molecule has 0 saturated heterocycles. The highest BCUT2D eigenvalue weighted by atomic mass is 16.5. The highest BCUT2D eigenvalue weighted by molar-refractivity contribution is 5.63. The monoisotopic (exact) mass is 243 g/mol. The fourth-order valence-electron chi connectivity index (χ4n) is 1.76. The van der Waals surface area contributed by atoms with E-state index in [9.17, 15) is 0 Å². The number of nitrogens with zero attached hydrogens (tertiary/aromatic N) is 2. The maximum atomic E-state index is 5.33. The molecule has 0 saturated carbocycles. The summed E-state index contributed by atoms with van der Waals surface area (Å²) in [4.78, 5) is 4.28. The standard InChI is InChI=1S/C14H17N3O/c1-4-8-17-9-7-15-14(17)16-12-10-11(2)5-6-13(12)18-3/h4-7,9-10H,1,8H2,2-3H3,(H,15,16). The Bertz CT molecular complexity index is 546. The minimum atomic E-state index is 0.719. The number of rotatable bonds is 5. The average Bonchev–Trinajstić information content (AvgIpc) is 2.78. The van der Waals surface area contributed by atoms with Crippen molar-refractivity contribution in [3.8, 4) is 5.75 Å². The minimum absolute atomic E-state index is 0.719. The number of hydrogen-bond acceptors (Lipinski definition) is 3. The van der Waals surface area contributed by atoms with Crippen molar-refractivity contribution in [3.05, 3.63) is 48.8 Å². The number of aryl methyl sites for hydroxylation is 1. The zero-order valence-electron chi connectivity index (χ0n) is 10.7. The van der Waals surface area contributed by atoms with Gasteiger partial charge in [-0.1, -0.05) is 12.1 Å². The van der Waals surface area contributed by atoms with E-state index in [4.69, 9.17) is 4.74 Å². The van der Waals surface area contributed by atoms with Crippen molar-refractivity contribution in [2.75, 3.05) is 12.4 Å². The lowest BCUT2D eigenvalue weighted by atomic mass is 10.2. The number of benzene rings is 1. The summed E-state index contributed by atoms with van der Waals surface area (Å²) in [6.45, 7) is 6.49. The lowest BCUT2D eigenvalue weighted by molar-refractivity contribution is 0.416. The van der Waals surface area contributed by atoms with Crippen molar-refractivity contribution >= 4 is 11.6 Å². The SMILES string of the molecule is C=CCn1ccnc1Nc1cc(C)ccc1OC. The van der Waals surface area contributed by atoms with Gasteiger partial charge >= 0.3 is 0 Å². The van der Waals surface area contributed by atoms with E-state index >= 15 is 0 Å². The van der Waals surface area contributed by atoms with Crippen LogP contribution in [0.4, 0.5) is 11.6 Å². The maximum Gasteiger partial charge on any atom is 0.207 e. The summed E-state index contributed by atoms with van der Waals surface area (Å²) in [5, 5.41) is 3.28. The normalized spacial score (nSPS) is 10.1. The Labute approximate surface area is 107 Å². The largest absolute Gasteiger partial charge is 0.495 e. The van der Waals surface area contributed by atoms with Crippen molar-refractivity contribution in [3.63, 3.8) is 0 Å². The summed E-state index contributed by atoms with van der Waals surface area (Å²) in [7, 11) is 1.66. The first-order chi connectivity index (χ1) is 8.74. The third-order valence-corrected chi connectivity index (χ3v) is 2.64. The fraction of sp³-hybridized carbons (Fsp3) is 0.214. The number of aromatic nitrogens is 2. The van der Waals surface area contributed by atoms with Gasteiger partial charge in [-0.15, -0.1) is 6.58 Å². The second-order valence-electron chi connectivity index (χ2n) is 4.02. The Hall–Kier alpha value is -2.23. The Balaban J connectivity index is 2.30. The Morgan fingerprint density at radius 3 is 3.06 bits per heavy atom. The van der Waals surface area contributed by atoms with Crippen molar-refractivity contribution in [2.45, 2.75) is 13.5 Å². The number of methoxy groups -OCH3 is 1. The van der Waals surface area contributed by atoms with Gasteiger partial charge in [-0.3, -0.25) is 0 Å². The predicted molar refractivity (Wildman–Crippen MR) is 73.4 cm³/mol. The van der Waals surface area contributed by atoms with Crippen molar-refractivity contribution in [1.82, 2.24) is 9.55 Å². The van der Waals surface area contributed by atoms with Crippen molar-refractivity contribution in [2.24, 2.45) is 0 Å². The van der Waals surface area contributed by atoms with Gasteiger partial charge in [-0.05, 0) is 24.6 Å². The van der Waals surface area contributed by atoms with Crippen molar-refractivity contribution in [1.29, 1.82) is 0 Å². The molecule has 0 bridgehead atoms. The molecule has 1 aromatic heterocycles. The Morgan fingerprint density at radius 1 is 1.50 bits per heavy atom. The summed E-state index contributed by atoms with van der Waals surface area (Å²) in [6.07, 6.45) is 5.50. The van der Waals surface area contributed by atoms with E-state index in [1.54, 1.807) is 13.3 Å². The summed E-state index contributed by atoms with van der Waals surface area (Å²) in [5.41, 5.74) is 2.08. The van der Waals surface area contributed by atoms with Gasteiger partial charge < -0.3 is 14.6 Å². The molecule has 1 N–H and O–H groups in total. The molecule has 2 rings (SSSR count). The zero-order chi connectivity index (χ0) is 13.0. The fourth-order valence-corrected chi connectivity index (χ4v) is 1.76. The summed E-state index contributed by atoms with van der Waals surface area (Å²) in [6, 6.07) is 5.99. The maximum absolute atomic E-state index is 5.33. The number of imidazole rings is 1.